The molecule has 0 bridgehead atoms. The van der Waals surface area contributed by atoms with Crippen LogP contribution in [0.1, 0.15) is 22.8 Å². The number of hydrogen-bond acceptors (Lipinski definition) is 4. The molecule has 1 saturated heterocycles. The molecular weight excluding hydrogens is 354 g/mol. The summed E-state index contributed by atoms with van der Waals surface area (Å²) in [6.07, 6.45) is 0.514. The molecule has 1 heterocycles. The first-order chi connectivity index (χ1) is 13.6. The number of carbonyl (C=O) groups excluding carboxylic acids is 2. The summed E-state index contributed by atoms with van der Waals surface area (Å²) in [7, 11) is 0. The molecule has 2 N–H and O–H groups in total. The van der Waals surface area contributed by atoms with Gasteiger partial charge in [-0.15, -0.1) is 0 Å². The van der Waals surface area contributed by atoms with Crippen LogP contribution in [0.25, 0.3) is 0 Å². The molecule has 0 saturated carbocycles. The molecule has 0 spiro atoms. The van der Waals surface area contributed by atoms with Crippen molar-refractivity contribution >= 4 is 11.8 Å². The SMILES string of the molecule is CCOc1ccccc1C(=O)N1CCN(C(=O)[C@@H](N)Cc2ccccc2)CC1. The first-order valence-corrected chi connectivity index (χ1v) is 9.69. The molecule has 3 rings (SSSR count). The first-order valence-electron chi connectivity index (χ1n) is 9.69. The van der Waals surface area contributed by atoms with Crippen LogP contribution in [-0.4, -0.2) is 60.4 Å². The van der Waals surface area contributed by atoms with Gasteiger partial charge < -0.3 is 20.3 Å². The van der Waals surface area contributed by atoms with Gasteiger partial charge in [-0.3, -0.25) is 9.59 Å². The monoisotopic (exact) mass is 381 g/mol. The van der Waals surface area contributed by atoms with Crippen LogP contribution < -0.4 is 10.5 Å². The molecule has 0 aliphatic carbocycles. The van der Waals surface area contributed by atoms with Crippen molar-refractivity contribution in [3.63, 3.8) is 0 Å². The van der Waals surface area contributed by atoms with E-state index in [9.17, 15) is 9.59 Å². The van der Waals surface area contributed by atoms with Gasteiger partial charge in [-0.25, -0.2) is 0 Å². The molecular formula is C22H27N3O3. The normalized spacial score (nSPS) is 15.2. The van der Waals surface area contributed by atoms with Crippen LogP contribution in [0.5, 0.6) is 5.75 Å². The van der Waals surface area contributed by atoms with Gasteiger partial charge in [0.15, 0.2) is 0 Å². The molecule has 2 aromatic rings. The van der Waals surface area contributed by atoms with Gasteiger partial charge in [0.25, 0.3) is 5.91 Å². The lowest BCUT2D eigenvalue weighted by atomic mass is 10.1. The number of benzene rings is 2. The highest BCUT2D eigenvalue weighted by Crippen LogP contribution is 2.21. The maximum atomic E-state index is 12.9. The standard InChI is InChI=1S/C22H27N3O3/c1-2-28-20-11-7-6-10-18(20)21(26)24-12-14-25(15-13-24)22(27)19(23)16-17-8-4-3-5-9-17/h3-11,19H,2,12-16,23H2,1H3/t19-/m0/s1. The van der Waals surface area contributed by atoms with Crippen molar-refractivity contribution in [1.82, 2.24) is 9.80 Å². The smallest absolute Gasteiger partial charge is 0.257 e. The largest absolute Gasteiger partial charge is 0.493 e. The fourth-order valence-electron chi connectivity index (χ4n) is 3.41. The number of piperazine rings is 1. The topological polar surface area (TPSA) is 75.9 Å². The Bertz CT molecular complexity index is 802. The number of nitrogens with two attached hydrogens (primary N) is 1. The van der Waals surface area contributed by atoms with Crippen molar-refractivity contribution < 1.29 is 14.3 Å². The van der Waals surface area contributed by atoms with E-state index in [0.29, 0.717) is 50.5 Å². The molecule has 148 valence electrons. The predicted molar refractivity (Wildman–Crippen MR) is 108 cm³/mol. The summed E-state index contributed by atoms with van der Waals surface area (Å²) in [4.78, 5) is 29.1. The molecule has 2 amide bonds. The van der Waals surface area contributed by atoms with Crippen molar-refractivity contribution in [1.29, 1.82) is 0 Å². The number of nitrogens with zero attached hydrogens (tertiary/aromatic N) is 2. The van der Waals surface area contributed by atoms with Gasteiger partial charge >= 0.3 is 0 Å². The Labute approximate surface area is 165 Å². The van der Waals surface area contributed by atoms with Crippen LogP contribution >= 0.6 is 0 Å². The zero-order valence-corrected chi connectivity index (χ0v) is 16.2. The van der Waals surface area contributed by atoms with E-state index in [1.807, 2.05) is 49.4 Å². The van der Waals surface area contributed by atoms with Gasteiger partial charge in [0.1, 0.15) is 5.75 Å². The molecule has 1 fully saturated rings. The molecule has 0 unspecified atom stereocenters. The van der Waals surface area contributed by atoms with Gasteiger partial charge in [-0.1, -0.05) is 42.5 Å². The minimum atomic E-state index is -0.566. The van der Waals surface area contributed by atoms with Crippen LogP contribution in [0.2, 0.25) is 0 Å². The Hall–Kier alpha value is -2.86. The maximum Gasteiger partial charge on any atom is 0.257 e. The third kappa shape index (κ3) is 4.70. The maximum absolute atomic E-state index is 12.9. The van der Waals surface area contributed by atoms with E-state index >= 15 is 0 Å². The van der Waals surface area contributed by atoms with Crippen molar-refractivity contribution in [3.05, 3.63) is 65.7 Å². The number of para-hydroxylation sites is 1. The lowest BCUT2D eigenvalue weighted by molar-refractivity contribution is -0.134. The van der Waals surface area contributed by atoms with E-state index in [2.05, 4.69) is 0 Å². The van der Waals surface area contributed by atoms with Crippen molar-refractivity contribution in [2.45, 2.75) is 19.4 Å². The highest BCUT2D eigenvalue weighted by molar-refractivity contribution is 5.97. The second-order valence-electron chi connectivity index (χ2n) is 6.84. The van der Waals surface area contributed by atoms with Crippen molar-refractivity contribution in [2.75, 3.05) is 32.8 Å². The van der Waals surface area contributed by atoms with E-state index in [1.54, 1.807) is 21.9 Å². The number of hydrogen-bond donors (Lipinski definition) is 1. The van der Waals surface area contributed by atoms with Gasteiger partial charge in [0, 0.05) is 26.2 Å². The molecule has 1 atom stereocenters. The number of amides is 2. The highest BCUT2D eigenvalue weighted by Gasteiger charge is 2.28. The molecule has 6 heteroatoms. The van der Waals surface area contributed by atoms with E-state index < -0.39 is 6.04 Å². The van der Waals surface area contributed by atoms with Crippen LogP contribution in [0.15, 0.2) is 54.6 Å². The third-order valence-corrected chi connectivity index (χ3v) is 4.91. The summed E-state index contributed by atoms with van der Waals surface area (Å²) in [6, 6.07) is 16.5. The van der Waals surface area contributed by atoms with Crippen LogP contribution in [0.4, 0.5) is 0 Å². The molecule has 28 heavy (non-hydrogen) atoms. The molecule has 1 aliphatic heterocycles. The second kappa shape index (κ2) is 9.37. The fourth-order valence-corrected chi connectivity index (χ4v) is 3.41. The number of rotatable bonds is 6. The number of ether oxygens (including phenoxy) is 1. The summed E-state index contributed by atoms with van der Waals surface area (Å²) in [5.41, 5.74) is 7.74. The summed E-state index contributed by atoms with van der Waals surface area (Å²) in [5, 5.41) is 0. The van der Waals surface area contributed by atoms with E-state index in [1.165, 1.54) is 0 Å². The summed E-state index contributed by atoms with van der Waals surface area (Å²) in [6.45, 7) is 4.36. The van der Waals surface area contributed by atoms with Gasteiger partial charge in [-0.2, -0.15) is 0 Å². The average Bonchev–Trinajstić information content (AvgIpc) is 2.74. The molecule has 1 aliphatic rings. The molecule has 0 radical (unpaired) electrons. The van der Waals surface area contributed by atoms with Crippen LogP contribution in [0, 0.1) is 0 Å². The molecule has 2 aromatic carbocycles. The van der Waals surface area contributed by atoms with E-state index in [-0.39, 0.29) is 11.8 Å². The van der Waals surface area contributed by atoms with Crippen LogP contribution in [-0.2, 0) is 11.2 Å². The number of carbonyl (C=O) groups is 2. The minimum absolute atomic E-state index is 0.0642. The van der Waals surface area contributed by atoms with Gasteiger partial charge in [0.05, 0.1) is 18.2 Å². The van der Waals surface area contributed by atoms with E-state index in [0.717, 1.165) is 5.56 Å². The van der Waals surface area contributed by atoms with Crippen molar-refractivity contribution in [2.24, 2.45) is 5.73 Å². The quantitative estimate of drug-likeness (QED) is 0.830. The first kappa shape index (κ1) is 19.9. The molecule has 0 aromatic heterocycles. The lowest BCUT2D eigenvalue weighted by Gasteiger charge is -2.36. The molecule has 6 nitrogen and oxygen atoms in total. The van der Waals surface area contributed by atoms with Gasteiger partial charge in [-0.05, 0) is 31.0 Å². The Morgan fingerprint density at radius 3 is 2.25 bits per heavy atom. The Morgan fingerprint density at radius 1 is 0.964 bits per heavy atom. The van der Waals surface area contributed by atoms with Crippen LogP contribution in [0.3, 0.4) is 0 Å². The Balaban J connectivity index is 1.57. The minimum Gasteiger partial charge on any atom is -0.493 e. The summed E-state index contributed by atoms with van der Waals surface area (Å²) in [5.74, 6) is 0.466. The highest BCUT2D eigenvalue weighted by atomic mass is 16.5. The summed E-state index contributed by atoms with van der Waals surface area (Å²) < 4.78 is 5.57. The van der Waals surface area contributed by atoms with Crippen molar-refractivity contribution in [3.8, 4) is 5.75 Å². The Kier molecular flexibility index (Phi) is 6.66. The average molecular weight is 381 g/mol. The van der Waals surface area contributed by atoms with Gasteiger partial charge in [0.2, 0.25) is 5.91 Å². The second-order valence-corrected chi connectivity index (χ2v) is 6.84. The fraction of sp³-hybridized carbons (Fsp3) is 0.364. The predicted octanol–water partition coefficient (Wildman–Crippen LogP) is 1.94. The zero-order valence-electron chi connectivity index (χ0n) is 16.2. The summed E-state index contributed by atoms with van der Waals surface area (Å²) >= 11 is 0. The lowest BCUT2D eigenvalue weighted by Crippen LogP contribution is -2.54. The zero-order chi connectivity index (χ0) is 19.9. The third-order valence-electron chi connectivity index (χ3n) is 4.91. The van der Waals surface area contributed by atoms with E-state index in [4.69, 9.17) is 10.5 Å². The Morgan fingerprint density at radius 2 is 1.57 bits per heavy atom.